The number of anilines is 1. The van der Waals surface area contributed by atoms with Gasteiger partial charge in [-0.1, -0.05) is 40.2 Å². The molecule has 222 valence electrons. The number of amides is 2. The van der Waals surface area contributed by atoms with E-state index >= 15 is 0 Å². The first-order valence-electron chi connectivity index (χ1n) is 14.3. The van der Waals surface area contributed by atoms with E-state index in [0.717, 1.165) is 10.0 Å². The Balaban J connectivity index is 1.31. The fourth-order valence-corrected chi connectivity index (χ4v) is 6.45. The number of hydrogen-bond donors (Lipinski definition) is 0. The van der Waals surface area contributed by atoms with Crippen LogP contribution in [0, 0.1) is 18.8 Å². The van der Waals surface area contributed by atoms with Gasteiger partial charge in [-0.2, -0.15) is 0 Å². The predicted octanol–water partition coefficient (Wildman–Crippen LogP) is 6.87. The molecule has 0 radical (unpaired) electrons. The SMILES string of the molecule is COc1ccc(C(=O)C(C)OC(=O)c2cc(-c3ccc(N4C(=O)C5CC=CCC5C4=O)cc3)nc3c(C)cc(Br)cc23)cc1. The molecule has 0 N–H and O–H groups in total. The molecule has 2 heterocycles. The van der Waals surface area contributed by atoms with Crippen LogP contribution in [0.5, 0.6) is 5.75 Å². The predicted molar refractivity (Wildman–Crippen MR) is 170 cm³/mol. The Morgan fingerprint density at radius 1 is 0.932 bits per heavy atom. The van der Waals surface area contributed by atoms with Crippen LogP contribution in [-0.2, 0) is 14.3 Å². The van der Waals surface area contributed by atoms with Crippen molar-refractivity contribution in [2.75, 3.05) is 12.0 Å². The van der Waals surface area contributed by atoms with E-state index in [9.17, 15) is 19.2 Å². The summed E-state index contributed by atoms with van der Waals surface area (Å²) >= 11 is 3.51. The summed E-state index contributed by atoms with van der Waals surface area (Å²) in [4.78, 5) is 58.9. The number of aryl methyl sites for hydroxylation is 1. The van der Waals surface area contributed by atoms with Gasteiger partial charge in [-0.3, -0.25) is 19.3 Å². The van der Waals surface area contributed by atoms with Crippen molar-refractivity contribution in [2.45, 2.75) is 32.8 Å². The standard InChI is InChI=1S/C35H29BrN2O6/c1-19-16-23(36)17-28-29(35(42)44-20(2)32(39)22-10-14-25(43-3)15-11-22)18-30(37-31(19)28)21-8-12-24(13-9-21)38-33(40)26-6-4-5-7-27(26)34(38)41/h4-5,8-18,20,26-27H,6-7H2,1-3H3. The van der Waals surface area contributed by atoms with Gasteiger partial charge >= 0.3 is 5.97 Å². The van der Waals surface area contributed by atoms with Crippen molar-refractivity contribution in [2.24, 2.45) is 11.8 Å². The molecule has 3 aromatic carbocycles. The summed E-state index contributed by atoms with van der Waals surface area (Å²) in [5.74, 6) is -1.37. The maximum atomic E-state index is 13.6. The van der Waals surface area contributed by atoms with E-state index in [1.54, 1.807) is 74.7 Å². The molecule has 2 aliphatic rings. The molecule has 3 unspecified atom stereocenters. The summed E-state index contributed by atoms with van der Waals surface area (Å²) in [5, 5.41) is 0.579. The fraction of sp³-hybridized carbons (Fsp3) is 0.229. The maximum Gasteiger partial charge on any atom is 0.339 e. The number of allylic oxidation sites excluding steroid dienone is 2. The molecule has 3 atom stereocenters. The molecule has 2 amide bonds. The van der Waals surface area contributed by atoms with Crippen LogP contribution < -0.4 is 9.64 Å². The quantitative estimate of drug-likeness (QED) is 0.0929. The number of rotatable bonds is 7. The molecule has 0 spiro atoms. The largest absolute Gasteiger partial charge is 0.497 e. The van der Waals surface area contributed by atoms with E-state index in [1.165, 1.54) is 4.90 Å². The number of hydrogen-bond acceptors (Lipinski definition) is 7. The number of imide groups is 1. The summed E-state index contributed by atoms with van der Waals surface area (Å²) in [6.45, 7) is 3.44. The monoisotopic (exact) mass is 652 g/mol. The van der Waals surface area contributed by atoms with E-state index in [-0.39, 0.29) is 35.0 Å². The van der Waals surface area contributed by atoms with E-state index in [0.29, 0.717) is 52.0 Å². The highest BCUT2D eigenvalue weighted by Gasteiger charge is 2.47. The Morgan fingerprint density at radius 3 is 2.18 bits per heavy atom. The molecule has 1 aromatic heterocycles. The Hall–Kier alpha value is -4.63. The first-order chi connectivity index (χ1) is 21.2. The van der Waals surface area contributed by atoms with Gasteiger partial charge in [-0.05, 0) is 86.8 Å². The highest BCUT2D eigenvalue weighted by molar-refractivity contribution is 9.10. The molecule has 4 aromatic rings. The summed E-state index contributed by atoms with van der Waals surface area (Å²) in [6, 6.07) is 19.0. The van der Waals surface area contributed by atoms with Gasteiger partial charge in [0.05, 0.1) is 41.4 Å². The van der Waals surface area contributed by atoms with Crippen molar-refractivity contribution in [1.29, 1.82) is 0 Å². The second kappa shape index (κ2) is 11.8. The van der Waals surface area contributed by atoms with Crippen LogP contribution in [0.25, 0.3) is 22.2 Å². The number of carbonyl (C=O) groups excluding carboxylic acids is 4. The normalized spacial score (nSPS) is 18.3. The first kappa shape index (κ1) is 29.4. The lowest BCUT2D eigenvalue weighted by Gasteiger charge is -2.17. The molecule has 8 nitrogen and oxygen atoms in total. The zero-order valence-corrected chi connectivity index (χ0v) is 26.0. The van der Waals surface area contributed by atoms with Crippen molar-refractivity contribution in [3.05, 3.63) is 100 Å². The Morgan fingerprint density at radius 2 is 1.57 bits per heavy atom. The van der Waals surface area contributed by atoms with Crippen LogP contribution >= 0.6 is 15.9 Å². The zero-order valence-electron chi connectivity index (χ0n) is 24.4. The van der Waals surface area contributed by atoms with Gasteiger partial charge in [0, 0.05) is 21.0 Å². The molecule has 1 saturated heterocycles. The van der Waals surface area contributed by atoms with Gasteiger partial charge in [-0.25, -0.2) is 9.78 Å². The summed E-state index contributed by atoms with van der Waals surface area (Å²) in [5.41, 5.74) is 3.81. The summed E-state index contributed by atoms with van der Waals surface area (Å²) < 4.78 is 11.6. The molecule has 0 bridgehead atoms. The molecule has 9 heteroatoms. The van der Waals surface area contributed by atoms with E-state index in [2.05, 4.69) is 15.9 Å². The molecular formula is C35H29BrN2O6. The number of ketones is 1. The minimum atomic E-state index is -1.04. The number of methoxy groups -OCH3 is 1. The van der Waals surface area contributed by atoms with Gasteiger partial charge in [0.1, 0.15) is 5.75 Å². The highest BCUT2D eigenvalue weighted by atomic mass is 79.9. The smallest absolute Gasteiger partial charge is 0.339 e. The molecule has 1 aliphatic carbocycles. The van der Waals surface area contributed by atoms with Gasteiger partial charge in [0.25, 0.3) is 0 Å². The molecule has 6 rings (SSSR count). The average Bonchev–Trinajstić information content (AvgIpc) is 3.29. The number of esters is 1. The van der Waals surface area contributed by atoms with Crippen LogP contribution in [-0.4, -0.2) is 41.8 Å². The molecule has 0 saturated carbocycles. The number of aromatic nitrogens is 1. The lowest BCUT2D eigenvalue weighted by Crippen LogP contribution is -2.30. The maximum absolute atomic E-state index is 13.6. The molecular weight excluding hydrogens is 624 g/mol. The Labute approximate surface area is 262 Å². The number of carbonyl (C=O) groups is 4. The number of fused-ring (bicyclic) bond motifs is 2. The number of Topliss-reactive ketones (excluding diaryl/α,β-unsaturated/α-hetero) is 1. The van der Waals surface area contributed by atoms with E-state index in [4.69, 9.17) is 14.5 Å². The van der Waals surface area contributed by atoms with Crippen molar-refractivity contribution in [3.63, 3.8) is 0 Å². The third-order valence-corrected chi connectivity index (χ3v) is 8.70. The first-order valence-corrected chi connectivity index (χ1v) is 15.1. The van der Waals surface area contributed by atoms with Crippen molar-refractivity contribution in [3.8, 4) is 17.0 Å². The zero-order chi connectivity index (χ0) is 31.1. The lowest BCUT2D eigenvalue weighted by atomic mass is 9.85. The van der Waals surface area contributed by atoms with Gasteiger partial charge < -0.3 is 9.47 Å². The minimum absolute atomic E-state index is 0.175. The molecule has 1 fully saturated rings. The van der Waals surface area contributed by atoms with Crippen LogP contribution in [0.1, 0.15) is 46.0 Å². The van der Waals surface area contributed by atoms with E-state index in [1.807, 2.05) is 25.1 Å². The number of nitrogens with zero attached hydrogens (tertiary/aromatic N) is 2. The molecule has 1 aliphatic heterocycles. The van der Waals surface area contributed by atoms with Crippen molar-refractivity contribution in [1.82, 2.24) is 4.98 Å². The van der Waals surface area contributed by atoms with E-state index < -0.39 is 12.1 Å². The number of halogens is 1. The minimum Gasteiger partial charge on any atom is -0.497 e. The third kappa shape index (κ3) is 5.32. The number of benzene rings is 3. The Bertz CT molecular complexity index is 1820. The third-order valence-electron chi connectivity index (χ3n) is 8.25. The average molecular weight is 654 g/mol. The fourth-order valence-electron chi connectivity index (χ4n) is 5.88. The number of ether oxygens (including phenoxy) is 2. The van der Waals surface area contributed by atoms with Crippen LogP contribution in [0.3, 0.4) is 0 Å². The van der Waals surface area contributed by atoms with Crippen LogP contribution in [0.15, 0.2) is 83.4 Å². The molecule has 44 heavy (non-hydrogen) atoms. The van der Waals surface area contributed by atoms with Crippen molar-refractivity contribution >= 4 is 56.1 Å². The Kier molecular flexibility index (Phi) is 7.90. The summed E-state index contributed by atoms with van der Waals surface area (Å²) in [7, 11) is 1.54. The van der Waals surface area contributed by atoms with Gasteiger partial charge in [0.2, 0.25) is 17.6 Å². The second-order valence-corrected chi connectivity index (χ2v) is 11.9. The van der Waals surface area contributed by atoms with Crippen LogP contribution in [0.4, 0.5) is 5.69 Å². The lowest BCUT2D eigenvalue weighted by molar-refractivity contribution is -0.122. The van der Waals surface area contributed by atoms with Gasteiger partial charge in [0.15, 0.2) is 6.10 Å². The second-order valence-electron chi connectivity index (χ2n) is 11.0. The van der Waals surface area contributed by atoms with Gasteiger partial charge in [-0.15, -0.1) is 0 Å². The topological polar surface area (TPSA) is 103 Å². The number of pyridine rings is 1. The highest BCUT2D eigenvalue weighted by Crippen LogP contribution is 2.38. The van der Waals surface area contributed by atoms with Crippen molar-refractivity contribution < 1.29 is 28.7 Å². The summed E-state index contributed by atoms with van der Waals surface area (Å²) in [6.07, 6.45) is 4.03. The van der Waals surface area contributed by atoms with Crippen LogP contribution in [0.2, 0.25) is 0 Å².